The number of carbonyl (C=O) groups excluding carboxylic acids is 2. The molecule has 3 saturated heterocycles. The summed E-state index contributed by atoms with van der Waals surface area (Å²) in [6, 6.07) is -0.667. The van der Waals surface area contributed by atoms with Crippen LogP contribution < -0.4 is 10.6 Å². The number of hydrogen-bond acceptors (Lipinski definition) is 5. The van der Waals surface area contributed by atoms with Gasteiger partial charge in [-0.2, -0.15) is 9.35 Å². The Hall–Kier alpha value is -1.19. The van der Waals surface area contributed by atoms with Crippen molar-refractivity contribution in [2.45, 2.75) is 43.8 Å². The maximum Gasteiger partial charge on any atom is 0.346 e. The van der Waals surface area contributed by atoms with Crippen LogP contribution in [0.15, 0.2) is 0 Å². The van der Waals surface area contributed by atoms with Gasteiger partial charge in [0.05, 0.1) is 6.04 Å². The molecule has 2 N–H and O–H groups in total. The van der Waals surface area contributed by atoms with Gasteiger partial charge in [0.2, 0.25) is 5.91 Å². The zero-order valence-corrected chi connectivity index (χ0v) is 13.1. The minimum absolute atomic E-state index is 0.0690. The van der Waals surface area contributed by atoms with E-state index in [0.717, 1.165) is 31.0 Å². The average molecular weight is 328 g/mol. The summed E-state index contributed by atoms with van der Waals surface area (Å²) in [7, 11) is 0. The smallest absolute Gasteiger partial charge is 0.346 e. The van der Waals surface area contributed by atoms with Crippen molar-refractivity contribution < 1.29 is 18.1 Å². The number of fused-ring (bicyclic) bond motifs is 2. The minimum atomic E-state index is -0.543. The fourth-order valence-electron chi connectivity index (χ4n) is 4.20. The Bertz CT molecular complexity index is 518. The monoisotopic (exact) mass is 328 g/mol. The first-order valence-electron chi connectivity index (χ1n) is 7.73. The van der Waals surface area contributed by atoms with Crippen LogP contribution >= 0.6 is 0 Å². The maximum atomic E-state index is 12.5. The first-order chi connectivity index (χ1) is 10.6. The van der Waals surface area contributed by atoms with Crippen LogP contribution in [0.2, 0.25) is 0 Å². The van der Waals surface area contributed by atoms with Crippen LogP contribution in [0, 0.1) is 5.41 Å². The van der Waals surface area contributed by atoms with Crippen LogP contribution in [0.25, 0.3) is 0 Å². The number of thiol groups is 1. The number of piperidine rings is 1. The fourth-order valence-corrected chi connectivity index (χ4v) is 4.47. The zero-order valence-electron chi connectivity index (χ0n) is 12.2. The molecule has 4 fully saturated rings. The Morgan fingerprint density at radius 1 is 1.36 bits per heavy atom. The number of amides is 3. The van der Waals surface area contributed by atoms with Crippen molar-refractivity contribution in [1.82, 2.24) is 20.6 Å². The van der Waals surface area contributed by atoms with Crippen molar-refractivity contribution in [3.05, 3.63) is 0 Å². The lowest BCUT2D eigenvalue weighted by Gasteiger charge is -2.54. The minimum Gasteiger partial charge on any atom is -0.352 e. The predicted octanol–water partition coefficient (Wildman–Crippen LogP) is -1.08. The molecular formula is C13H20N4O4S. The standard InChI is InChI=1S/C13H20N4O4S/c18-11(15-8-3-13(4-8)6-14-7-13)10-2-1-9-5-16(10)12(19)17(9)21-22-20/h8-10,14,22H,1-7H2,(H,15,18). The van der Waals surface area contributed by atoms with Crippen molar-refractivity contribution in [2.75, 3.05) is 19.6 Å². The molecule has 2 bridgehead atoms. The van der Waals surface area contributed by atoms with E-state index in [9.17, 15) is 13.8 Å². The van der Waals surface area contributed by atoms with Crippen molar-refractivity contribution >= 4 is 23.9 Å². The van der Waals surface area contributed by atoms with Gasteiger partial charge in [0.15, 0.2) is 11.9 Å². The first-order valence-corrected chi connectivity index (χ1v) is 8.46. The third kappa shape index (κ3) is 2.14. The molecule has 3 amide bonds. The van der Waals surface area contributed by atoms with Crippen molar-refractivity contribution in [3.63, 3.8) is 0 Å². The topological polar surface area (TPSA) is 91.0 Å². The molecule has 3 aliphatic heterocycles. The largest absolute Gasteiger partial charge is 0.352 e. The molecule has 0 aromatic rings. The van der Waals surface area contributed by atoms with E-state index in [1.165, 1.54) is 4.90 Å². The zero-order chi connectivity index (χ0) is 15.3. The van der Waals surface area contributed by atoms with Gasteiger partial charge in [-0.25, -0.2) is 9.00 Å². The van der Waals surface area contributed by atoms with E-state index in [2.05, 4.69) is 10.6 Å². The highest BCUT2D eigenvalue weighted by Crippen LogP contribution is 2.44. The molecular weight excluding hydrogens is 308 g/mol. The van der Waals surface area contributed by atoms with Gasteiger partial charge in [0, 0.05) is 25.7 Å². The molecule has 2 atom stereocenters. The Morgan fingerprint density at radius 2 is 2.14 bits per heavy atom. The summed E-state index contributed by atoms with van der Waals surface area (Å²) in [5.74, 6) is -0.0690. The van der Waals surface area contributed by atoms with E-state index in [1.54, 1.807) is 0 Å². The number of rotatable bonds is 4. The summed E-state index contributed by atoms with van der Waals surface area (Å²) < 4.78 is 15.4. The molecule has 9 heteroatoms. The average Bonchev–Trinajstić information content (AvgIpc) is 2.66. The van der Waals surface area contributed by atoms with E-state index in [4.69, 9.17) is 4.28 Å². The Morgan fingerprint density at radius 3 is 2.77 bits per heavy atom. The second kappa shape index (κ2) is 5.17. The van der Waals surface area contributed by atoms with E-state index in [1.807, 2.05) is 0 Å². The molecule has 4 rings (SSSR count). The number of hydroxylamine groups is 2. The van der Waals surface area contributed by atoms with Crippen LogP contribution in [-0.4, -0.2) is 63.9 Å². The highest BCUT2D eigenvalue weighted by atomic mass is 32.2. The summed E-state index contributed by atoms with van der Waals surface area (Å²) in [4.78, 5) is 26.2. The predicted molar refractivity (Wildman–Crippen MR) is 77.8 cm³/mol. The molecule has 1 saturated carbocycles. The van der Waals surface area contributed by atoms with Gasteiger partial charge in [0.1, 0.15) is 6.04 Å². The third-order valence-electron chi connectivity index (χ3n) is 5.45. The molecule has 0 radical (unpaired) electrons. The quantitative estimate of drug-likeness (QED) is 0.571. The van der Waals surface area contributed by atoms with Gasteiger partial charge in [-0.15, -0.1) is 0 Å². The van der Waals surface area contributed by atoms with Crippen LogP contribution in [0.4, 0.5) is 4.79 Å². The van der Waals surface area contributed by atoms with E-state index >= 15 is 0 Å². The van der Waals surface area contributed by atoms with E-state index in [0.29, 0.717) is 24.8 Å². The van der Waals surface area contributed by atoms with Gasteiger partial charge in [-0.1, -0.05) is 0 Å². The summed E-state index contributed by atoms with van der Waals surface area (Å²) in [5, 5.41) is 7.49. The second-order valence-corrected chi connectivity index (χ2v) is 7.19. The number of nitrogens with one attached hydrogen (secondary N) is 2. The molecule has 3 heterocycles. The summed E-state index contributed by atoms with van der Waals surface area (Å²) >= 11 is -0.543. The van der Waals surface area contributed by atoms with E-state index in [-0.39, 0.29) is 24.0 Å². The normalized spacial score (nSPS) is 32.8. The van der Waals surface area contributed by atoms with Gasteiger partial charge < -0.3 is 15.5 Å². The Balaban J connectivity index is 1.36. The van der Waals surface area contributed by atoms with Gasteiger partial charge >= 0.3 is 6.03 Å². The first kappa shape index (κ1) is 14.4. The number of carbonyl (C=O) groups is 2. The molecule has 2 unspecified atom stereocenters. The highest BCUT2D eigenvalue weighted by molar-refractivity contribution is 7.60. The molecule has 1 aliphatic carbocycles. The molecule has 0 aromatic carbocycles. The van der Waals surface area contributed by atoms with Crippen molar-refractivity contribution in [1.29, 1.82) is 0 Å². The molecule has 4 aliphatic rings. The van der Waals surface area contributed by atoms with Crippen molar-refractivity contribution in [3.8, 4) is 0 Å². The molecule has 1 spiro atoms. The number of hydrogen-bond donors (Lipinski definition) is 3. The molecule has 8 nitrogen and oxygen atoms in total. The molecule has 0 aromatic heterocycles. The molecule has 22 heavy (non-hydrogen) atoms. The lowest BCUT2D eigenvalue weighted by Crippen LogP contribution is -2.66. The van der Waals surface area contributed by atoms with Crippen LogP contribution in [0.1, 0.15) is 25.7 Å². The van der Waals surface area contributed by atoms with Gasteiger partial charge in [0.25, 0.3) is 0 Å². The highest BCUT2D eigenvalue weighted by Gasteiger charge is 2.51. The number of nitrogens with zero attached hydrogens (tertiary/aromatic N) is 2. The second-order valence-electron chi connectivity index (χ2n) is 6.88. The number of urea groups is 1. The van der Waals surface area contributed by atoms with E-state index < -0.39 is 18.0 Å². The third-order valence-corrected chi connectivity index (χ3v) is 5.69. The summed E-state index contributed by atoms with van der Waals surface area (Å²) in [6.07, 6.45) is 3.37. The Kier molecular flexibility index (Phi) is 3.39. The summed E-state index contributed by atoms with van der Waals surface area (Å²) in [6.45, 7) is 2.57. The van der Waals surface area contributed by atoms with Crippen LogP contribution in [0.3, 0.4) is 0 Å². The summed E-state index contributed by atoms with van der Waals surface area (Å²) in [5.41, 5.74) is 0.414. The van der Waals surface area contributed by atoms with Crippen LogP contribution in [-0.2, 0) is 21.0 Å². The van der Waals surface area contributed by atoms with Gasteiger partial charge in [-0.05, 0) is 31.1 Å². The SMILES string of the molecule is O=[SH]ON1C(=O)N2CC1CCC2C(=O)NC1CC2(CNC2)C1. The van der Waals surface area contributed by atoms with Crippen LogP contribution in [0.5, 0.6) is 0 Å². The lowest BCUT2D eigenvalue weighted by atomic mass is 9.61. The fraction of sp³-hybridized carbons (Fsp3) is 0.846. The maximum absolute atomic E-state index is 12.5. The van der Waals surface area contributed by atoms with Crippen molar-refractivity contribution in [2.24, 2.45) is 5.41 Å². The lowest BCUT2D eigenvalue weighted by molar-refractivity contribution is -0.129. The Labute approximate surface area is 132 Å². The van der Waals surface area contributed by atoms with Gasteiger partial charge in [-0.3, -0.25) is 4.79 Å². The molecule has 122 valence electrons.